The number of aromatic amines is 1. The zero-order valence-corrected chi connectivity index (χ0v) is 16.7. The van der Waals surface area contributed by atoms with Crippen molar-refractivity contribution in [1.82, 2.24) is 14.2 Å². The number of hydrogen-bond acceptors (Lipinski definition) is 3. The summed E-state index contributed by atoms with van der Waals surface area (Å²) in [6, 6.07) is 14.3. The van der Waals surface area contributed by atoms with E-state index < -0.39 is 10.0 Å². The number of fused-ring (bicyclic) bond motifs is 1. The van der Waals surface area contributed by atoms with E-state index in [0.29, 0.717) is 19.5 Å². The third-order valence-corrected chi connectivity index (χ3v) is 7.46. The van der Waals surface area contributed by atoms with Crippen LogP contribution in [0.1, 0.15) is 5.56 Å². The average molecular weight is 418 g/mol. The number of nitrogens with zero attached hydrogens (tertiary/aromatic N) is 2. The number of halogens is 1. The van der Waals surface area contributed by atoms with Crippen LogP contribution in [0.25, 0.3) is 10.9 Å². The van der Waals surface area contributed by atoms with Gasteiger partial charge in [0.05, 0.1) is 11.4 Å². The van der Waals surface area contributed by atoms with Crippen LogP contribution >= 0.6 is 11.6 Å². The molecule has 0 saturated carbocycles. The number of benzene rings is 2. The molecule has 3 aromatic rings. The minimum atomic E-state index is -3.66. The maximum Gasteiger partial charge on any atom is 0.244 e. The van der Waals surface area contributed by atoms with Crippen LogP contribution in [0, 0.1) is 0 Å². The topological polar surface area (TPSA) is 73.5 Å². The number of carbonyl (C=O) groups excluding carboxylic acids is 1. The summed E-state index contributed by atoms with van der Waals surface area (Å²) in [5.41, 5.74) is 1.95. The molecule has 6 nitrogen and oxygen atoms in total. The summed E-state index contributed by atoms with van der Waals surface area (Å²) in [6.45, 7) is 1.25. The quantitative estimate of drug-likeness (QED) is 0.709. The maximum absolute atomic E-state index is 12.8. The number of hydrogen-bond donors (Lipinski definition) is 1. The molecule has 1 fully saturated rings. The van der Waals surface area contributed by atoms with Crippen LogP contribution in [0.2, 0.25) is 5.02 Å². The first-order chi connectivity index (χ1) is 13.5. The van der Waals surface area contributed by atoms with Gasteiger partial charge in [0.1, 0.15) is 4.90 Å². The molecule has 2 aromatic carbocycles. The minimum absolute atomic E-state index is 0.000422. The molecule has 0 spiro atoms. The third-order valence-electron chi connectivity index (χ3n) is 5.06. The van der Waals surface area contributed by atoms with E-state index in [1.54, 1.807) is 23.1 Å². The fraction of sp³-hybridized carbons (Fsp3) is 0.250. The fourth-order valence-corrected chi connectivity index (χ4v) is 5.44. The van der Waals surface area contributed by atoms with Crippen molar-refractivity contribution in [3.63, 3.8) is 0 Å². The molecule has 0 radical (unpaired) electrons. The third kappa shape index (κ3) is 3.53. The monoisotopic (exact) mass is 417 g/mol. The molecular weight excluding hydrogens is 398 g/mol. The van der Waals surface area contributed by atoms with Crippen molar-refractivity contribution in [2.24, 2.45) is 0 Å². The van der Waals surface area contributed by atoms with E-state index in [2.05, 4.69) is 4.98 Å². The lowest BCUT2D eigenvalue weighted by atomic mass is 10.1. The largest absolute Gasteiger partial charge is 0.361 e. The minimum Gasteiger partial charge on any atom is -0.361 e. The Hall–Kier alpha value is -2.35. The van der Waals surface area contributed by atoms with E-state index >= 15 is 0 Å². The molecular formula is C20H20ClN3O3S. The summed E-state index contributed by atoms with van der Waals surface area (Å²) < 4.78 is 27.0. The predicted octanol–water partition coefficient (Wildman–Crippen LogP) is 2.90. The lowest BCUT2D eigenvalue weighted by Crippen LogP contribution is -2.50. The lowest BCUT2D eigenvalue weighted by molar-refractivity contribution is -0.131. The number of para-hydroxylation sites is 1. The van der Waals surface area contributed by atoms with Gasteiger partial charge in [0.15, 0.2) is 0 Å². The highest BCUT2D eigenvalue weighted by Crippen LogP contribution is 2.25. The Kier molecular flexibility index (Phi) is 5.14. The highest BCUT2D eigenvalue weighted by Gasteiger charge is 2.31. The second kappa shape index (κ2) is 7.58. The van der Waals surface area contributed by atoms with Gasteiger partial charge in [-0.2, -0.15) is 4.31 Å². The number of amides is 1. The van der Waals surface area contributed by atoms with Crippen molar-refractivity contribution in [1.29, 1.82) is 0 Å². The molecule has 0 aliphatic carbocycles. The molecule has 8 heteroatoms. The summed E-state index contributed by atoms with van der Waals surface area (Å²) in [4.78, 5) is 17.7. The van der Waals surface area contributed by atoms with Gasteiger partial charge in [-0.15, -0.1) is 0 Å². The number of rotatable bonds is 4. The molecule has 1 N–H and O–H groups in total. The van der Waals surface area contributed by atoms with Crippen molar-refractivity contribution in [2.45, 2.75) is 11.3 Å². The predicted molar refractivity (Wildman–Crippen MR) is 109 cm³/mol. The first-order valence-electron chi connectivity index (χ1n) is 9.04. The number of carbonyl (C=O) groups is 1. The lowest BCUT2D eigenvalue weighted by Gasteiger charge is -2.34. The van der Waals surface area contributed by atoms with Crippen molar-refractivity contribution in [3.8, 4) is 0 Å². The normalized spacial score (nSPS) is 15.8. The van der Waals surface area contributed by atoms with Gasteiger partial charge < -0.3 is 9.88 Å². The number of nitrogens with one attached hydrogen (secondary N) is 1. The smallest absolute Gasteiger partial charge is 0.244 e. The summed E-state index contributed by atoms with van der Waals surface area (Å²) in [6.07, 6.45) is 2.15. The van der Waals surface area contributed by atoms with Gasteiger partial charge in [0.25, 0.3) is 0 Å². The van der Waals surface area contributed by atoms with Crippen LogP contribution in [0.3, 0.4) is 0 Å². The van der Waals surface area contributed by atoms with E-state index in [1.165, 1.54) is 10.4 Å². The van der Waals surface area contributed by atoms with E-state index in [1.807, 2.05) is 30.5 Å². The fourth-order valence-electron chi connectivity index (χ4n) is 3.52. The van der Waals surface area contributed by atoms with Crippen LogP contribution in [-0.2, 0) is 21.2 Å². The molecule has 0 bridgehead atoms. The molecule has 0 unspecified atom stereocenters. The molecule has 4 rings (SSSR count). The Labute approximate surface area is 168 Å². The molecule has 1 aliphatic rings. The number of aromatic nitrogens is 1. The van der Waals surface area contributed by atoms with Gasteiger partial charge in [-0.25, -0.2) is 8.42 Å². The average Bonchev–Trinajstić information content (AvgIpc) is 3.11. The highest BCUT2D eigenvalue weighted by molar-refractivity contribution is 7.89. The molecule has 0 atom stereocenters. The maximum atomic E-state index is 12.8. The van der Waals surface area contributed by atoms with Gasteiger partial charge >= 0.3 is 0 Å². The summed E-state index contributed by atoms with van der Waals surface area (Å²) in [7, 11) is -3.66. The number of sulfonamides is 1. The van der Waals surface area contributed by atoms with Crippen LogP contribution < -0.4 is 0 Å². The van der Waals surface area contributed by atoms with Crippen molar-refractivity contribution in [3.05, 3.63) is 65.3 Å². The SMILES string of the molecule is O=C(Cc1c[nH]c2ccccc12)N1CCN(S(=O)(=O)c2ccccc2Cl)CC1. The molecule has 28 heavy (non-hydrogen) atoms. The summed E-state index contributed by atoms with van der Waals surface area (Å²) in [5, 5.41) is 1.25. The van der Waals surface area contributed by atoms with Gasteiger partial charge in [-0.1, -0.05) is 41.9 Å². The molecule has 1 aliphatic heterocycles. The van der Waals surface area contributed by atoms with E-state index in [0.717, 1.165) is 16.5 Å². The standard InChI is InChI=1S/C20H20ClN3O3S/c21-17-6-2-4-8-19(17)28(26,27)24-11-9-23(10-12-24)20(25)13-15-14-22-18-7-3-1-5-16(15)18/h1-8,14,22H,9-13H2. The Morgan fingerprint density at radius 3 is 2.43 bits per heavy atom. The van der Waals surface area contributed by atoms with Crippen molar-refractivity contribution < 1.29 is 13.2 Å². The zero-order valence-electron chi connectivity index (χ0n) is 15.1. The van der Waals surface area contributed by atoms with Crippen molar-refractivity contribution in [2.75, 3.05) is 26.2 Å². The summed E-state index contributed by atoms with van der Waals surface area (Å²) in [5.74, 6) is -0.000422. The first-order valence-corrected chi connectivity index (χ1v) is 10.9. The molecule has 1 saturated heterocycles. The second-order valence-corrected chi connectivity index (χ2v) is 9.07. The highest BCUT2D eigenvalue weighted by atomic mass is 35.5. The van der Waals surface area contributed by atoms with E-state index in [-0.39, 0.29) is 28.9 Å². The van der Waals surface area contributed by atoms with Crippen LogP contribution in [0.5, 0.6) is 0 Å². The molecule has 146 valence electrons. The summed E-state index contributed by atoms with van der Waals surface area (Å²) >= 11 is 6.06. The van der Waals surface area contributed by atoms with Crippen LogP contribution in [0.15, 0.2) is 59.6 Å². The Morgan fingerprint density at radius 2 is 1.68 bits per heavy atom. The molecule has 1 amide bonds. The van der Waals surface area contributed by atoms with Gasteiger partial charge in [-0.05, 0) is 23.8 Å². The number of H-pyrrole nitrogens is 1. The second-order valence-electron chi connectivity index (χ2n) is 6.75. The molecule has 1 aromatic heterocycles. The Bertz CT molecular complexity index is 1120. The number of piperazine rings is 1. The first kappa shape index (κ1) is 19.0. The molecule has 2 heterocycles. The zero-order chi connectivity index (χ0) is 19.7. The van der Waals surface area contributed by atoms with E-state index in [4.69, 9.17) is 11.6 Å². The van der Waals surface area contributed by atoms with Gasteiger partial charge in [-0.3, -0.25) is 4.79 Å². The van der Waals surface area contributed by atoms with Crippen LogP contribution in [0.4, 0.5) is 0 Å². The van der Waals surface area contributed by atoms with E-state index in [9.17, 15) is 13.2 Å². The van der Waals surface area contributed by atoms with Gasteiger partial charge in [0.2, 0.25) is 15.9 Å². The van der Waals surface area contributed by atoms with Gasteiger partial charge in [0, 0.05) is 43.3 Å². The Balaban J connectivity index is 1.42. The van der Waals surface area contributed by atoms with Crippen molar-refractivity contribution >= 4 is 38.4 Å². The van der Waals surface area contributed by atoms with Crippen LogP contribution in [-0.4, -0.2) is 54.7 Å². The Morgan fingerprint density at radius 1 is 1.00 bits per heavy atom.